The Morgan fingerprint density at radius 2 is 1.81 bits per heavy atom. The van der Waals surface area contributed by atoms with Crippen LogP contribution in [0.3, 0.4) is 0 Å². The highest BCUT2D eigenvalue weighted by atomic mass is 35.5. The Balaban J connectivity index is 1.74. The number of halogens is 2. The minimum absolute atomic E-state index is 0.0741. The van der Waals surface area contributed by atoms with E-state index in [9.17, 15) is 28.7 Å². The molecule has 2 aliphatic rings. The number of carbonyl (C=O) groups excluding carboxylic acids is 3. The maximum atomic E-state index is 13.5. The van der Waals surface area contributed by atoms with Crippen LogP contribution in [-0.2, 0) is 26.3 Å². The van der Waals surface area contributed by atoms with Gasteiger partial charge in [-0.3, -0.25) is 24.2 Å². The summed E-state index contributed by atoms with van der Waals surface area (Å²) in [5.41, 5.74) is -1.09. The summed E-state index contributed by atoms with van der Waals surface area (Å²) < 4.78 is 13.5. The Hall–Kier alpha value is -3.46. The number of anilines is 1. The molecule has 10 heteroatoms. The third-order valence-corrected chi connectivity index (χ3v) is 5.81. The lowest BCUT2D eigenvalue weighted by molar-refractivity contribution is -0.143. The van der Waals surface area contributed by atoms with Crippen LogP contribution in [0.4, 0.5) is 14.9 Å². The fourth-order valence-electron chi connectivity index (χ4n) is 4.16. The minimum atomic E-state index is -2.03. The van der Waals surface area contributed by atoms with Gasteiger partial charge < -0.3 is 10.0 Å². The van der Waals surface area contributed by atoms with Gasteiger partial charge in [0, 0.05) is 24.2 Å². The van der Waals surface area contributed by atoms with Crippen LogP contribution in [0.25, 0.3) is 0 Å². The van der Waals surface area contributed by atoms with E-state index in [1.54, 1.807) is 6.07 Å². The topological polar surface area (TPSA) is 98.2 Å². The highest BCUT2D eigenvalue weighted by molar-refractivity contribution is 6.32. The van der Waals surface area contributed by atoms with Crippen LogP contribution in [0.15, 0.2) is 42.5 Å². The Bertz CT molecular complexity index is 1140. The molecule has 0 radical (unpaired) electrons. The van der Waals surface area contributed by atoms with Gasteiger partial charge in [0.15, 0.2) is 0 Å². The number of amides is 4. The number of carbonyl (C=O) groups is 4. The molecule has 0 unspecified atom stereocenters. The number of imide groups is 1. The monoisotopic (exact) mass is 445 g/mol. The number of rotatable bonds is 5. The lowest BCUT2D eigenvalue weighted by Gasteiger charge is -2.27. The predicted molar refractivity (Wildman–Crippen MR) is 108 cm³/mol. The van der Waals surface area contributed by atoms with Crippen LogP contribution >= 0.6 is 11.6 Å². The average molecular weight is 446 g/mol. The van der Waals surface area contributed by atoms with Gasteiger partial charge in [-0.2, -0.15) is 0 Å². The summed E-state index contributed by atoms with van der Waals surface area (Å²) in [4.78, 5) is 54.1. The molecular formula is C21H17ClFN3O5. The molecule has 0 aromatic heterocycles. The van der Waals surface area contributed by atoms with Crippen molar-refractivity contribution < 1.29 is 28.7 Å². The fourth-order valence-corrected chi connectivity index (χ4v) is 4.33. The number of benzene rings is 2. The smallest absolute Gasteiger partial charge is 0.328 e. The van der Waals surface area contributed by atoms with Crippen molar-refractivity contribution >= 4 is 41.1 Å². The second kappa shape index (κ2) is 7.35. The van der Waals surface area contributed by atoms with E-state index in [1.165, 1.54) is 43.4 Å². The van der Waals surface area contributed by atoms with Crippen molar-refractivity contribution in [2.24, 2.45) is 0 Å². The van der Waals surface area contributed by atoms with E-state index in [4.69, 9.17) is 11.6 Å². The third kappa shape index (κ3) is 3.04. The molecular weight excluding hydrogens is 429 g/mol. The summed E-state index contributed by atoms with van der Waals surface area (Å²) in [6, 6.07) is 9.39. The largest absolute Gasteiger partial charge is 0.480 e. The highest BCUT2D eigenvalue weighted by Gasteiger charge is 2.67. The van der Waals surface area contributed by atoms with Crippen LogP contribution < -0.4 is 4.90 Å². The number of hydrogen-bond acceptors (Lipinski definition) is 4. The summed E-state index contributed by atoms with van der Waals surface area (Å²) >= 11 is 6.10. The van der Waals surface area contributed by atoms with Crippen molar-refractivity contribution in [1.82, 2.24) is 9.80 Å². The molecule has 2 aromatic rings. The summed E-state index contributed by atoms with van der Waals surface area (Å²) in [7, 11) is 1.31. The van der Waals surface area contributed by atoms with Gasteiger partial charge in [0.2, 0.25) is 5.54 Å². The van der Waals surface area contributed by atoms with Crippen LogP contribution in [0.1, 0.15) is 11.1 Å². The van der Waals surface area contributed by atoms with E-state index in [1.807, 2.05) is 0 Å². The number of nitrogens with zero attached hydrogens (tertiary/aromatic N) is 3. The molecule has 1 saturated heterocycles. The molecule has 31 heavy (non-hydrogen) atoms. The first-order chi connectivity index (χ1) is 14.7. The molecule has 4 rings (SSSR count). The maximum absolute atomic E-state index is 13.5. The standard InChI is InChI=1S/C21H17ClFN3O5/c1-24-20(31)25(8-7-12-3-2-4-14(23)9-12)18(29)21(24)15-10-13(22)5-6-16(15)26(19(21)30)11-17(27)28/h2-6,9-10H,7-8,11H2,1H3,(H,27,28)/t21-/m1/s1. The van der Waals surface area contributed by atoms with Crippen LogP contribution in [-0.4, -0.2) is 58.9 Å². The molecule has 160 valence electrons. The number of carboxylic acids is 1. The Morgan fingerprint density at radius 3 is 2.48 bits per heavy atom. The van der Waals surface area contributed by atoms with Crippen molar-refractivity contribution in [2.45, 2.75) is 12.0 Å². The van der Waals surface area contributed by atoms with Gasteiger partial charge in [-0.1, -0.05) is 23.7 Å². The number of hydrogen-bond donors (Lipinski definition) is 1. The number of likely N-dealkylation sites (N-methyl/N-ethyl adjacent to an activating group) is 1. The van der Waals surface area contributed by atoms with Gasteiger partial charge in [0.05, 0.1) is 5.69 Å². The van der Waals surface area contributed by atoms with Crippen molar-refractivity contribution in [1.29, 1.82) is 0 Å². The molecule has 0 saturated carbocycles. The lowest BCUT2D eigenvalue weighted by atomic mass is 9.90. The first-order valence-corrected chi connectivity index (χ1v) is 9.73. The van der Waals surface area contributed by atoms with Crippen molar-refractivity contribution in [3.63, 3.8) is 0 Å². The SMILES string of the molecule is CN1C(=O)N(CCc2cccc(F)c2)C(=O)[C@]12C(=O)N(CC(=O)O)c1ccc(Cl)cc12. The van der Waals surface area contributed by atoms with Gasteiger partial charge in [0.25, 0.3) is 11.8 Å². The molecule has 0 bridgehead atoms. The van der Waals surface area contributed by atoms with Gasteiger partial charge in [-0.05, 0) is 42.3 Å². The maximum Gasteiger partial charge on any atom is 0.328 e. The molecule has 1 fully saturated rings. The minimum Gasteiger partial charge on any atom is -0.480 e. The Kier molecular flexibility index (Phi) is 4.93. The van der Waals surface area contributed by atoms with Crippen LogP contribution in [0, 0.1) is 5.82 Å². The summed E-state index contributed by atoms with van der Waals surface area (Å²) in [5.74, 6) is -3.34. The van der Waals surface area contributed by atoms with Gasteiger partial charge >= 0.3 is 12.0 Å². The van der Waals surface area contributed by atoms with Gasteiger partial charge in [-0.25, -0.2) is 9.18 Å². The van der Waals surface area contributed by atoms with E-state index < -0.39 is 41.7 Å². The summed E-state index contributed by atoms with van der Waals surface area (Å²) in [5, 5.41) is 9.48. The van der Waals surface area contributed by atoms with Crippen molar-refractivity contribution in [3.05, 3.63) is 64.4 Å². The second-order valence-corrected chi connectivity index (χ2v) is 7.77. The van der Waals surface area contributed by atoms with Crippen molar-refractivity contribution in [2.75, 3.05) is 25.0 Å². The summed E-state index contributed by atoms with van der Waals surface area (Å²) in [6.07, 6.45) is 0.189. The molecule has 1 atom stereocenters. The highest BCUT2D eigenvalue weighted by Crippen LogP contribution is 2.48. The van der Waals surface area contributed by atoms with Gasteiger partial charge in [-0.15, -0.1) is 0 Å². The Labute approximate surface area is 181 Å². The molecule has 0 aliphatic carbocycles. The van der Waals surface area contributed by atoms with E-state index in [2.05, 4.69) is 0 Å². The number of urea groups is 1. The van der Waals surface area contributed by atoms with Crippen LogP contribution in [0.5, 0.6) is 0 Å². The lowest BCUT2D eigenvalue weighted by Crippen LogP contribution is -2.53. The zero-order valence-corrected chi connectivity index (χ0v) is 17.1. The third-order valence-electron chi connectivity index (χ3n) is 5.58. The van der Waals surface area contributed by atoms with E-state index in [0.717, 1.165) is 14.7 Å². The number of aliphatic carboxylic acids is 1. The number of fused-ring (bicyclic) bond motifs is 2. The molecule has 4 amide bonds. The fraction of sp³-hybridized carbons (Fsp3) is 0.238. The predicted octanol–water partition coefficient (Wildman–Crippen LogP) is 2.24. The normalized spacial score (nSPS) is 20.2. The zero-order valence-electron chi connectivity index (χ0n) is 16.3. The van der Waals surface area contributed by atoms with Crippen molar-refractivity contribution in [3.8, 4) is 0 Å². The van der Waals surface area contributed by atoms with E-state index >= 15 is 0 Å². The summed E-state index contributed by atoms with van der Waals surface area (Å²) in [6.45, 7) is -0.747. The molecule has 2 aliphatic heterocycles. The van der Waals surface area contributed by atoms with E-state index in [-0.39, 0.29) is 29.2 Å². The molecule has 2 heterocycles. The number of carboxylic acid groups (broad SMARTS) is 1. The zero-order chi connectivity index (χ0) is 22.5. The Morgan fingerprint density at radius 1 is 1.10 bits per heavy atom. The second-order valence-electron chi connectivity index (χ2n) is 7.34. The average Bonchev–Trinajstić information content (AvgIpc) is 3.05. The first-order valence-electron chi connectivity index (χ1n) is 9.36. The van der Waals surface area contributed by atoms with Gasteiger partial charge in [0.1, 0.15) is 12.4 Å². The van der Waals surface area contributed by atoms with Crippen LogP contribution in [0.2, 0.25) is 5.02 Å². The molecule has 2 aromatic carbocycles. The molecule has 1 spiro atoms. The first kappa shape index (κ1) is 20.8. The van der Waals surface area contributed by atoms with E-state index in [0.29, 0.717) is 5.56 Å². The molecule has 8 nitrogen and oxygen atoms in total. The molecule has 1 N–H and O–H groups in total. The quantitative estimate of drug-likeness (QED) is 0.562.